The number of hydrogen-bond donors (Lipinski definition) is 2. The number of carbonyl (C=O) groups excluding carboxylic acids is 2. The summed E-state index contributed by atoms with van der Waals surface area (Å²) in [5.74, 6) is -0.523. The zero-order valence-electron chi connectivity index (χ0n) is 11.5. The van der Waals surface area contributed by atoms with Crippen molar-refractivity contribution in [3.05, 3.63) is 59.5 Å². The average molecular weight is 288 g/mol. The third-order valence-electron chi connectivity index (χ3n) is 2.86. The van der Waals surface area contributed by atoms with Crippen LogP contribution in [-0.4, -0.2) is 18.9 Å². The molecular formula is C15H16N2O4. The van der Waals surface area contributed by atoms with E-state index in [9.17, 15) is 9.59 Å². The van der Waals surface area contributed by atoms with Crippen molar-refractivity contribution in [3.63, 3.8) is 0 Å². The van der Waals surface area contributed by atoms with E-state index in [1.54, 1.807) is 30.3 Å². The molecule has 6 heteroatoms. The first-order valence-corrected chi connectivity index (χ1v) is 6.34. The summed E-state index contributed by atoms with van der Waals surface area (Å²) in [6, 6.07) is 11.0. The zero-order chi connectivity index (χ0) is 15.2. The number of ether oxygens (including phenoxy) is 1. The molecule has 0 bridgehead atoms. The third kappa shape index (κ3) is 3.70. The van der Waals surface area contributed by atoms with Crippen LogP contribution in [0.15, 0.2) is 46.9 Å². The summed E-state index contributed by atoms with van der Waals surface area (Å²) in [7, 11) is 1.53. The molecule has 21 heavy (non-hydrogen) atoms. The molecule has 0 saturated carbocycles. The van der Waals surface area contributed by atoms with Gasteiger partial charge in [0, 0.05) is 7.11 Å². The Labute approximate surface area is 121 Å². The van der Waals surface area contributed by atoms with Gasteiger partial charge in [-0.15, -0.1) is 0 Å². The number of carbonyl (C=O) groups is 2. The lowest BCUT2D eigenvalue weighted by Crippen LogP contribution is -2.37. The van der Waals surface area contributed by atoms with Gasteiger partial charge in [0.05, 0.1) is 0 Å². The van der Waals surface area contributed by atoms with Crippen molar-refractivity contribution in [1.29, 1.82) is 0 Å². The van der Waals surface area contributed by atoms with Gasteiger partial charge in [0.25, 0.3) is 5.91 Å². The van der Waals surface area contributed by atoms with Gasteiger partial charge in [0.1, 0.15) is 18.4 Å². The van der Waals surface area contributed by atoms with Gasteiger partial charge in [-0.05, 0) is 17.7 Å². The molecule has 2 aromatic rings. The highest BCUT2D eigenvalue weighted by Gasteiger charge is 2.22. The minimum Gasteiger partial charge on any atom is -0.453 e. The molecule has 2 rings (SSSR count). The van der Waals surface area contributed by atoms with Gasteiger partial charge in [-0.2, -0.15) is 0 Å². The number of primary amides is 1. The van der Waals surface area contributed by atoms with Crippen LogP contribution >= 0.6 is 0 Å². The molecule has 0 aliphatic rings. The molecule has 1 aromatic heterocycles. The minimum atomic E-state index is -0.908. The van der Waals surface area contributed by atoms with Crippen LogP contribution in [-0.2, 0) is 16.1 Å². The molecular weight excluding hydrogens is 272 g/mol. The van der Waals surface area contributed by atoms with E-state index >= 15 is 0 Å². The zero-order valence-corrected chi connectivity index (χ0v) is 11.5. The molecule has 0 radical (unpaired) electrons. The average Bonchev–Trinajstić information content (AvgIpc) is 2.94. The van der Waals surface area contributed by atoms with Crippen LogP contribution in [0, 0.1) is 0 Å². The van der Waals surface area contributed by atoms with Crippen LogP contribution < -0.4 is 11.1 Å². The van der Waals surface area contributed by atoms with E-state index in [0.717, 1.165) is 0 Å². The van der Waals surface area contributed by atoms with Gasteiger partial charge >= 0.3 is 0 Å². The Bertz CT molecular complexity index is 622. The second kappa shape index (κ2) is 6.71. The quantitative estimate of drug-likeness (QED) is 0.839. The monoisotopic (exact) mass is 288 g/mol. The van der Waals surface area contributed by atoms with Crippen molar-refractivity contribution in [2.45, 2.75) is 12.6 Å². The second-order valence-electron chi connectivity index (χ2n) is 4.42. The van der Waals surface area contributed by atoms with E-state index in [-0.39, 0.29) is 12.4 Å². The Morgan fingerprint density at radius 3 is 2.57 bits per heavy atom. The summed E-state index contributed by atoms with van der Waals surface area (Å²) in [6.45, 7) is 0.269. The Morgan fingerprint density at radius 1 is 1.24 bits per heavy atom. The predicted octanol–water partition coefficient (Wildman–Crippen LogP) is 1.38. The molecule has 3 N–H and O–H groups in total. The Kier molecular flexibility index (Phi) is 4.73. The fraction of sp³-hybridized carbons (Fsp3) is 0.200. The van der Waals surface area contributed by atoms with Gasteiger partial charge < -0.3 is 20.2 Å². The molecule has 1 aromatic carbocycles. The van der Waals surface area contributed by atoms with Crippen LogP contribution in [0.5, 0.6) is 0 Å². The predicted molar refractivity (Wildman–Crippen MR) is 75.3 cm³/mol. The fourth-order valence-corrected chi connectivity index (χ4v) is 1.89. The van der Waals surface area contributed by atoms with E-state index in [1.165, 1.54) is 13.2 Å². The number of hydrogen-bond acceptors (Lipinski definition) is 4. The van der Waals surface area contributed by atoms with Gasteiger partial charge in [0.15, 0.2) is 5.76 Å². The number of rotatable bonds is 6. The largest absolute Gasteiger partial charge is 0.453 e. The Balaban J connectivity index is 2.13. The standard InChI is InChI=1S/C15H16N2O4/c1-20-9-11-7-8-12(21-11)15(19)17-13(14(16)18)10-5-3-2-4-6-10/h2-8,13H,9H2,1H3,(H2,16,18)(H,17,19). The van der Waals surface area contributed by atoms with Gasteiger partial charge in [-0.25, -0.2) is 0 Å². The van der Waals surface area contributed by atoms with E-state index in [4.69, 9.17) is 14.9 Å². The number of amides is 2. The molecule has 1 unspecified atom stereocenters. The van der Waals surface area contributed by atoms with Gasteiger partial charge in [-0.1, -0.05) is 30.3 Å². The number of nitrogens with two attached hydrogens (primary N) is 1. The van der Waals surface area contributed by atoms with Crippen LogP contribution in [0.4, 0.5) is 0 Å². The van der Waals surface area contributed by atoms with E-state index < -0.39 is 17.9 Å². The first kappa shape index (κ1) is 14.8. The molecule has 0 spiro atoms. The van der Waals surface area contributed by atoms with Crippen molar-refractivity contribution in [3.8, 4) is 0 Å². The SMILES string of the molecule is COCc1ccc(C(=O)NC(C(N)=O)c2ccccc2)o1. The second-order valence-corrected chi connectivity index (χ2v) is 4.42. The summed E-state index contributed by atoms with van der Waals surface area (Å²) in [4.78, 5) is 23.6. The lowest BCUT2D eigenvalue weighted by atomic mass is 10.1. The molecule has 110 valence electrons. The maximum Gasteiger partial charge on any atom is 0.287 e. The first-order valence-electron chi connectivity index (χ1n) is 6.34. The molecule has 0 fully saturated rings. The molecule has 6 nitrogen and oxygen atoms in total. The molecule has 2 amide bonds. The summed E-state index contributed by atoms with van der Waals surface area (Å²) in [5.41, 5.74) is 5.96. The van der Waals surface area contributed by atoms with Crippen molar-refractivity contribution >= 4 is 11.8 Å². The third-order valence-corrected chi connectivity index (χ3v) is 2.86. The highest BCUT2D eigenvalue weighted by atomic mass is 16.5. The Morgan fingerprint density at radius 2 is 1.95 bits per heavy atom. The number of methoxy groups -OCH3 is 1. The lowest BCUT2D eigenvalue weighted by molar-refractivity contribution is -0.120. The van der Waals surface area contributed by atoms with Crippen molar-refractivity contribution in [1.82, 2.24) is 5.32 Å². The highest BCUT2D eigenvalue weighted by Crippen LogP contribution is 2.14. The van der Waals surface area contributed by atoms with E-state index in [2.05, 4.69) is 5.32 Å². The van der Waals surface area contributed by atoms with Crippen molar-refractivity contribution in [2.24, 2.45) is 5.73 Å². The number of benzene rings is 1. The molecule has 1 atom stereocenters. The molecule has 0 saturated heterocycles. The van der Waals surface area contributed by atoms with Crippen LogP contribution in [0.3, 0.4) is 0 Å². The maximum atomic E-state index is 12.1. The lowest BCUT2D eigenvalue weighted by Gasteiger charge is -2.14. The molecule has 0 aliphatic carbocycles. The topological polar surface area (TPSA) is 94.6 Å². The van der Waals surface area contributed by atoms with Crippen LogP contribution in [0.25, 0.3) is 0 Å². The molecule has 0 aliphatic heterocycles. The first-order chi connectivity index (χ1) is 10.1. The number of nitrogens with one attached hydrogen (secondary N) is 1. The summed E-state index contributed by atoms with van der Waals surface area (Å²) in [6.07, 6.45) is 0. The van der Waals surface area contributed by atoms with E-state index in [0.29, 0.717) is 11.3 Å². The van der Waals surface area contributed by atoms with Crippen LogP contribution in [0.1, 0.15) is 27.9 Å². The van der Waals surface area contributed by atoms with E-state index in [1.807, 2.05) is 6.07 Å². The summed E-state index contributed by atoms with van der Waals surface area (Å²) >= 11 is 0. The summed E-state index contributed by atoms with van der Waals surface area (Å²) < 4.78 is 10.2. The maximum absolute atomic E-state index is 12.1. The highest BCUT2D eigenvalue weighted by molar-refractivity contribution is 5.95. The Hall–Kier alpha value is -2.60. The van der Waals surface area contributed by atoms with Gasteiger partial charge in [0.2, 0.25) is 5.91 Å². The normalized spacial score (nSPS) is 11.9. The summed E-state index contributed by atoms with van der Waals surface area (Å²) in [5, 5.41) is 2.56. The van der Waals surface area contributed by atoms with Crippen LogP contribution in [0.2, 0.25) is 0 Å². The van der Waals surface area contributed by atoms with Crippen molar-refractivity contribution in [2.75, 3.05) is 7.11 Å². The number of furan rings is 1. The van der Waals surface area contributed by atoms with Gasteiger partial charge in [-0.3, -0.25) is 9.59 Å². The molecule has 1 heterocycles. The van der Waals surface area contributed by atoms with Crippen molar-refractivity contribution < 1.29 is 18.7 Å². The smallest absolute Gasteiger partial charge is 0.287 e. The minimum absolute atomic E-state index is 0.101. The fourth-order valence-electron chi connectivity index (χ4n) is 1.89.